The predicted octanol–water partition coefficient (Wildman–Crippen LogP) is 2.99. The summed E-state index contributed by atoms with van der Waals surface area (Å²) in [5.74, 6) is 1.25. The zero-order chi connectivity index (χ0) is 19.1. The first kappa shape index (κ1) is 19.2. The van der Waals surface area contributed by atoms with E-state index < -0.39 is 0 Å². The van der Waals surface area contributed by atoms with Crippen molar-refractivity contribution >= 4 is 29.0 Å². The second kappa shape index (κ2) is 9.38. The number of carbonyl (C=O) groups excluding carboxylic acids is 1. The first-order valence-corrected chi connectivity index (χ1v) is 10.1. The SMILES string of the molecule is COc1cccc(CSc2nc(CC(=O)NCc3cccs3)cc(=O)[nH]2)c1. The highest BCUT2D eigenvalue weighted by Gasteiger charge is 2.09. The number of methoxy groups -OCH3 is 1. The number of nitrogens with one attached hydrogen (secondary N) is 2. The Morgan fingerprint density at radius 2 is 2.19 bits per heavy atom. The molecular formula is C19H19N3O3S2. The second-order valence-corrected chi connectivity index (χ2v) is 7.71. The molecule has 1 aromatic carbocycles. The Morgan fingerprint density at radius 1 is 1.30 bits per heavy atom. The number of H-pyrrole nitrogens is 1. The summed E-state index contributed by atoms with van der Waals surface area (Å²) in [6.45, 7) is 0.483. The molecule has 0 fully saturated rings. The molecular weight excluding hydrogens is 382 g/mol. The number of hydrogen-bond donors (Lipinski definition) is 2. The number of amides is 1. The number of carbonyl (C=O) groups is 1. The van der Waals surface area contributed by atoms with Gasteiger partial charge in [0.05, 0.1) is 25.8 Å². The Bertz CT molecular complexity index is 955. The maximum absolute atomic E-state index is 12.1. The zero-order valence-corrected chi connectivity index (χ0v) is 16.4. The van der Waals surface area contributed by atoms with Gasteiger partial charge in [-0.1, -0.05) is 30.0 Å². The summed E-state index contributed by atoms with van der Waals surface area (Å²) in [7, 11) is 1.62. The topological polar surface area (TPSA) is 84.1 Å². The fraction of sp³-hybridized carbons (Fsp3) is 0.211. The fourth-order valence-electron chi connectivity index (χ4n) is 2.38. The van der Waals surface area contributed by atoms with Crippen LogP contribution in [0.1, 0.15) is 16.1 Å². The van der Waals surface area contributed by atoms with E-state index in [-0.39, 0.29) is 17.9 Å². The van der Waals surface area contributed by atoms with Crippen molar-refractivity contribution < 1.29 is 9.53 Å². The van der Waals surface area contributed by atoms with Gasteiger partial charge in [-0.2, -0.15) is 0 Å². The van der Waals surface area contributed by atoms with E-state index in [1.54, 1.807) is 18.4 Å². The lowest BCUT2D eigenvalue weighted by Crippen LogP contribution is -2.25. The molecule has 0 radical (unpaired) electrons. The molecule has 0 saturated heterocycles. The fourth-order valence-corrected chi connectivity index (χ4v) is 3.86. The molecule has 0 aliphatic carbocycles. The van der Waals surface area contributed by atoms with Gasteiger partial charge in [-0.3, -0.25) is 9.59 Å². The van der Waals surface area contributed by atoms with Crippen LogP contribution in [0.4, 0.5) is 0 Å². The number of nitrogens with zero attached hydrogens (tertiary/aromatic N) is 1. The van der Waals surface area contributed by atoms with Crippen LogP contribution in [0.5, 0.6) is 5.75 Å². The third-order valence-corrected chi connectivity index (χ3v) is 5.49. The summed E-state index contributed by atoms with van der Waals surface area (Å²) in [4.78, 5) is 32.2. The lowest BCUT2D eigenvalue weighted by Gasteiger charge is -2.06. The van der Waals surface area contributed by atoms with Crippen LogP contribution in [0.25, 0.3) is 0 Å². The largest absolute Gasteiger partial charge is 0.497 e. The van der Waals surface area contributed by atoms with Crippen molar-refractivity contribution in [3.63, 3.8) is 0 Å². The molecule has 0 spiro atoms. The average molecular weight is 402 g/mol. The van der Waals surface area contributed by atoms with E-state index in [0.717, 1.165) is 16.2 Å². The first-order valence-electron chi connectivity index (χ1n) is 8.27. The molecule has 1 amide bonds. The summed E-state index contributed by atoms with van der Waals surface area (Å²) >= 11 is 2.99. The number of thiophene rings is 1. The number of thioether (sulfide) groups is 1. The predicted molar refractivity (Wildman–Crippen MR) is 107 cm³/mol. The minimum Gasteiger partial charge on any atom is -0.497 e. The summed E-state index contributed by atoms with van der Waals surface area (Å²) in [6, 6.07) is 13.0. The van der Waals surface area contributed by atoms with Crippen LogP contribution in [-0.4, -0.2) is 23.0 Å². The van der Waals surface area contributed by atoms with Gasteiger partial charge in [0.15, 0.2) is 5.16 Å². The van der Waals surface area contributed by atoms with E-state index in [0.29, 0.717) is 23.1 Å². The van der Waals surface area contributed by atoms with Crippen molar-refractivity contribution in [2.75, 3.05) is 7.11 Å². The summed E-state index contributed by atoms with van der Waals surface area (Å²) < 4.78 is 5.21. The molecule has 3 aromatic rings. The van der Waals surface area contributed by atoms with Crippen molar-refractivity contribution in [3.05, 3.63) is 74.3 Å². The van der Waals surface area contributed by atoms with Crippen LogP contribution < -0.4 is 15.6 Å². The molecule has 140 valence electrons. The third kappa shape index (κ3) is 5.97. The van der Waals surface area contributed by atoms with E-state index in [4.69, 9.17) is 4.74 Å². The molecule has 27 heavy (non-hydrogen) atoms. The molecule has 0 bridgehead atoms. The standard InChI is InChI=1S/C19H19N3O3S2/c1-25-15-5-2-4-13(8-15)12-27-19-21-14(10-18(24)22-19)9-17(23)20-11-16-6-3-7-26-16/h2-8,10H,9,11-12H2,1H3,(H,20,23)(H,21,22,24). The number of rotatable bonds is 8. The van der Waals surface area contributed by atoms with Crippen LogP contribution in [0.3, 0.4) is 0 Å². The first-order chi connectivity index (χ1) is 13.1. The summed E-state index contributed by atoms with van der Waals surface area (Å²) in [6.07, 6.45) is 0.0714. The van der Waals surface area contributed by atoms with Gasteiger partial charge >= 0.3 is 0 Å². The van der Waals surface area contributed by atoms with E-state index in [2.05, 4.69) is 15.3 Å². The van der Waals surface area contributed by atoms with Gasteiger partial charge in [0, 0.05) is 16.7 Å². The van der Waals surface area contributed by atoms with Crippen LogP contribution in [0, 0.1) is 0 Å². The molecule has 8 heteroatoms. The Kier molecular flexibility index (Phi) is 6.67. The van der Waals surface area contributed by atoms with Crippen LogP contribution >= 0.6 is 23.1 Å². The number of ether oxygens (including phenoxy) is 1. The van der Waals surface area contributed by atoms with Gasteiger partial charge in [0.2, 0.25) is 5.91 Å². The number of aromatic nitrogens is 2. The second-order valence-electron chi connectivity index (χ2n) is 5.71. The monoisotopic (exact) mass is 401 g/mol. The van der Waals surface area contributed by atoms with Crippen LogP contribution in [0.15, 0.2) is 57.8 Å². The van der Waals surface area contributed by atoms with Gasteiger partial charge in [0.1, 0.15) is 5.75 Å². The van der Waals surface area contributed by atoms with E-state index in [1.807, 2.05) is 41.8 Å². The van der Waals surface area contributed by atoms with Crippen molar-refractivity contribution in [1.82, 2.24) is 15.3 Å². The maximum atomic E-state index is 12.1. The molecule has 6 nitrogen and oxygen atoms in total. The van der Waals surface area contributed by atoms with Gasteiger partial charge in [-0.05, 0) is 29.1 Å². The van der Waals surface area contributed by atoms with Crippen LogP contribution in [-0.2, 0) is 23.5 Å². The van der Waals surface area contributed by atoms with Gasteiger partial charge in [0.25, 0.3) is 5.56 Å². The minimum atomic E-state index is -0.265. The van der Waals surface area contributed by atoms with Gasteiger partial charge in [-0.15, -0.1) is 11.3 Å². The van der Waals surface area contributed by atoms with Crippen molar-refractivity contribution in [2.24, 2.45) is 0 Å². The third-order valence-electron chi connectivity index (χ3n) is 3.66. The average Bonchev–Trinajstić information content (AvgIpc) is 3.18. The lowest BCUT2D eigenvalue weighted by atomic mass is 10.2. The summed E-state index contributed by atoms with van der Waals surface area (Å²) in [5.41, 5.74) is 1.25. The van der Waals surface area contributed by atoms with Crippen LogP contribution in [0.2, 0.25) is 0 Å². The highest BCUT2D eigenvalue weighted by Crippen LogP contribution is 2.21. The minimum absolute atomic E-state index is 0.0714. The molecule has 3 rings (SSSR count). The van der Waals surface area contributed by atoms with Gasteiger partial charge in [-0.25, -0.2) is 4.98 Å². The zero-order valence-electron chi connectivity index (χ0n) is 14.7. The maximum Gasteiger partial charge on any atom is 0.251 e. The van der Waals surface area contributed by atoms with E-state index in [1.165, 1.54) is 17.8 Å². The molecule has 2 N–H and O–H groups in total. The highest BCUT2D eigenvalue weighted by molar-refractivity contribution is 7.98. The lowest BCUT2D eigenvalue weighted by molar-refractivity contribution is -0.120. The van der Waals surface area contributed by atoms with Crippen molar-refractivity contribution in [2.45, 2.75) is 23.9 Å². The van der Waals surface area contributed by atoms with Gasteiger partial charge < -0.3 is 15.0 Å². The van der Waals surface area contributed by atoms with Crippen molar-refractivity contribution in [3.8, 4) is 5.75 Å². The Labute approximate surface area is 165 Å². The molecule has 0 atom stereocenters. The summed E-state index contributed by atoms with van der Waals surface area (Å²) in [5, 5.41) is 5.30. The Balaban J connectivity index is 1.59. The Hall–Kier alpha value is -2.58. The normalized spacial score (nSPS) is 10.6. The molecule has 0 aliphatic rings. The van der Waals surface area contributed by atoms with E-state index in [9.17, 15) is 9.59 Å². The molecule has 2 heterocycles. The molecule has 0 saturated carbocycles. The van der Waals surface area contributed by atoms with E-state index >= 15 is 0 Å². The number of aromatic amines is 1. The highest BCUT2D eigenvalue weighted by atomic mass is 32.2. The number of hydrogen-bond acceptors (Lipinski definition) is 6. The molecule has 0 unspecified atom stereocenters. The quantitative estimate of drug-likeness (QED) is 0.448. The molecule has 0 aliphatic heterocycles. The smallest absolute Gasteiger partial charge is 0.251 e. The number of benzene rings is 1. The molecule has 2 aromatic heterocycles. The Morgan fingerprint density at radius 3 is 2.96 bits per heavy atom. The van der Waals surface area contributed by atoms with Crippen molar-refractivity contribution in [1.29, 1.82) is 0 Å².